The Balaban J connectivity index is 2.03. The molecule has 3 rings (SSSR count). The van der Waals surface area contributed by atoms with Crippen LogP contribution >= 0.6 is 0 Å². The predicted octanol–water partition coefficient (Wildman–Crippen LogP) is 2.22. The van der Waals surface area contributed by atoms with Crippen LogP contribution < -0.4 is 10.1 Å². The van der Waals surface area contributed by atoms with Crippen LogP contribution in [0.1, 0.15) is 15.9 Å². The van der Waals surface area contributed by atoms with E-state index in [0.717, 1.165) is 0 Å². The van der Waals surface area contributed by atoms with E-state index in [1.165, 1.54) is 44.6 Å². The molecule has 1 heterocycles. The van der Waals surface area contributed by atoms with E-state index in [4.69, 9.17) is 4.74 Å². The smallest absolute Gasteiger partial charge is 0.337 e. The van der Waals surface area contributed by atoms with Gasteiger partial charge in [-0.15, -0.1) is 0 Å². The van der Waals surface area contributed by atoms with Crippen LogP contribution in [0.5, 0.6) is 5.75 Å². The summed E-state index contributed by atoms with van der Waals surface area (Å²) in [5.74, 6) is -0.232. The first kappa shape index (κ1) is 17.7. The summed E-state index contributed by atoms with van der Waals surface area (Å²) in [5.41, 5.74) is 0.802. The first-order valence-electron chi connectivity index (χ1n) is 7.56. The Kier molecular flexibility index (Phi) is 4.56. The summed E-state index contributed by atoms with van der Waals surface area (Å²) >= 11 is 0. The summed E-state index contributed by atoms with van der Waals surface area (Å²) in [6, 6.07) is 9.80. The largest absolute Gasteiger partial charge is 0.496 e. The fourth-order valence-corrected chi connectivity index (χ4v) is 4.12. The Morgan fingerprint density at radius 1 is 1.15 bits per heavy atom. The zero-order valence-corrected chi connectivity index (χ0v) is 14.9. The third-order valence-electron chi connectivity index (χ3n) is 3.94. The van der Waals surface area contributed by atoms with E-state index in [2.05, 4.69) is 10.1 Å². The van der Waals surface area contributed by atoms with Crippen LogP contribution in [0.3, 0.4) is 0 Å². The second-order valence-electron chi connectivity index (χ2n) is 5.46. The zero-order chi connectivity index (χ0) is 18.9. The van der Waals surface area contributed by atoms with Gasteiger partial charge in [0.2, 0.25) is 0 Å². The monoisotopic (exact) mass is 376 g/mol. The van der Waals surface area contributed by atoms with Crippen LogP contribution in [-0.2, 0) is 21.3 Å². The molecule has 0 saturated heterocycles. The minimum Gasteiger partial charge on any atom is -0.496 e. The van der Waals surface area contributed by atoms with Gasteiger partial charge in [0.05, 0.1) is 32.0 Å². The van der Waals surface area contributed by atoms with Crippen LogP contribution in [0.4, 0.5) is 10.5 Å². The number of methoxy groups -OCH3 is 2. The molecule has 0 atom stereocenters. The van der Waals surface area contributed by atoms with Gasteiger partial charge >= 0.3 is 12.0 Å². The Labute approximate surface area is 150 Å². The normalized spacial score (nSPS) is 15.0. The highest BCUT2D eigenvalue weighted by atomic mass is 32.2. The number of anilines is 1. The predicted molar refractivity (Wildman–Crippen MR) is 92.5 cm³/mol. The lowest BCUT2D eigenvalue weighted by Crippen LogP contribution is -2.43. The molecule has 1 aliphatic heterocycles. The van der Waals surface area contributed by atoms with Crippen molar-refractivity contribution in [2.24, 2.45) is 0 Å². The van der Waals surface area contributed by atoms with Crippen molar-refractivity contribution in [2.75, 3.05) is 19.5 Å². The Morgan fingerprint density at radius 2 is 1.88 bits per heavy atom. The van der Waals surface area contributed by atoms with Gasteiger partial charge in [-0.2, -0.15) is 0 Å². The fourth-order valence-electron chi connectivity index (χ4n) is 2.66. The number of ether oxygens (including phenoxy) is 2. The minimum absolute atomic E-state index is 0.00249. The van der Waals surface area contributed by atoms with Gasteiger partial charge < -0.3 is 14.8 Å². The highest BCUT2D eigenvalue weighted by Gasteiger charge is 2.36. The molecular formula is C17H16N2O6S. The van der Waals surface area contributed by atoms with Gasteiger partial charge in [0.25, 0.3) is 10.0 Å². The third kappa shape index (κ3) is 2.97. The van der Waals surface area contributed by atoms with Crippen LogP contribution in [-0.4, -0.2) is 38.9 Å². The molecule has 2 amide bonds. The van der Waals surface area contributed by atoms with Gasteiger partial charge in [0.15, 0.2) is 0 Å². The average molecular weight is 376 g/mol. The number of esters is 1. The number of sulfonamides is 1. The van der Waals surface area contributed by atoms with E-state index in [0.29, 0.717) is 15.6 Å². The van der Waals surface area contributed by atoms with E-state index >= 15 is 0 Å². The molecule has 1 N–H and O–H groups in total. The van der Waals surface area contributed by atoms with Crippen molar-refractivity contribution >= 4 is 27.7 Å². The first-order chi connectivity index (χ1) is 12.4. The molecule has 2 aromatic rings. The molecule has 0 aliphatic carbocycles. The lowest BCUT2D eigenvalue weighted by molar-refractivity contribution is 0.0600. The van der Waals surface area contributed by atoms with Crippen molar-refractivity contribution < 1.29 is 27.5 Å². The number of nitrogens with one attached hydrogen (secondary N) is 1. The van der Waals surface area contributed by atoms with Crippen LogP contribution in [0.2, 0.25) is 0 Å². The molecule has 0 bridgehead atoms. The van der Waals surface area contributed by atoms with E-state index in [-0.39, 0.29) is 22.7 Å². The Hall–Kier alpha value is -3.07. The summed E-state index contributed by atoms with van der Waals surface area (Å²) in [6.07, 6.45) is 0. The molecule has 1 aliphatic rings. The van der Waals surface area contributed by atoms with E-state index in [1.54, 1.807) is 12.1 Å². The maximum atomic E-state index is 12.8. The molecule has 136 valence electrons. The van der Waals surface area contributed by atoms with Crippen molar-refractivity contribution in [1.82, 2.24) is 4.31 Å². The number of hydrogen-bond donors (Lipinski definition) is 1. The van der Waals surface area contributed by atoms with Crippen LogP contribution in [0.25, 0.3) is 0 Å². The number of hydrogen-bond acceptors (Lipinski definition) is 6. The lowest BCUT2D eigenvalue weighted by Gasteiger charge is -2.29. The molecule has 0 saturated carbocycles. The van der Waals surface area contributed by atoms with Gasteiger partial charge in [-0.05, 0) is 30.3 Å². The second-order valence-corrected chi connectivity index (χ2v) is 7.29. The number of amides is 2. The number of para-hydroxylation sites is 1. The Morgan fingerprint density at radius 3 is 2.58 bits per heavy atom. The van der Waals surface area contributed by atoms with Crippen molar-refractivity contribution in [3.63, 3.8) is 0 Å². The SMILES string of the molecule is COC(=O)c1ccc(OC)c(CN2C(=O)Nc3ccccc3S2(=O)=O)c1. The van der Waals surface area contributed by atoms with E-state index in [9.17, 15) is 18.0 Å². The van der Waals surface area contributed by atoms with Gasteiger partial charge in [0.1, 0.15) is 10.6 Å². The quantitative estimate of drug-likeness (QED) is 0.821. The van der Waals surface area contributed by atoms with E-state index in [1.807, 2.05) is 0 Å². The van der Waals surface area contributed by atoms with E-state index < -0.39 is 22.0 Å². The number of benzene rings is 2. The molecule has 2 aromatic carbocycles. The fraction of sp³-hybridized carbons (Fsp3) is 0.176. The van der Waals surface area contributed by atoms with Crippen LogP contribution in [0.15, 0.2) is 47.4 Å². The minimum atomic E-state index is -4.04. The molecule has 0 aromatic heterocycles. The number of carbonyl (C=O) groups is 2. The van der Waals surface area contributed by atoms with Gasteiger partial charge in [-0.25, -0.2) is 22.3 Å². The highest BCUT2D eigenvalue weighted by molar-refractivity contribution is 7.90. The van der Waals surface area contributed by atoms with Crippen molar-refractivity contribution in [3.8, 4) is 5.75 Å². The number of urea groups is 1. The topological polar surface area (TPSA) is 102 Å². The number of rotatable bonds is 4. The summed E-state index contributed by atoms with van der Waals surface area (Å²) in [7, 11) is -1.39. The molecule has 0 spiro atoms. The molecule has 0 unspecified atom stereocenters. The molecule has 0 radical (unpaired) electrons. The lowest BCUT2D eigenvalue weighted by atomic mass is 10.1. The zero-order valence-electron chi connectivity index (χ0n) is 14.1. The maximum Gasteiger partial charge on any atom is 0.337 e. The molecular weight excluding hydrogens is 360 g/mol. The Bertz CT molecular complexity index is 986. The van der Waals surface area contributed by atoms with Crippen molar-refractivity contribution in [1.29, 1.82) is 0 Å². The maximum absolute atomic E-state index is 12.8. The summed E-state index contributed by atoms with van der Waals surface area (Å²) in [6.45, 7) is -0.295. The molecule has 26 heavy (non-hydrogen) atoms. The summed E-state index contributed by atoms with van der Waals surface area (Å²) in [5, 5.41) is 2.55. The van der Waals surface area contributed by atoms with Gasteiger partial charge in [-0.3, -0.25) is 0 Å². The van der Waals surface area contributed by atoms with Crippen molar-refractivity contribution in [2.45, 2.75) is 11.4 Å². The molecule has 8 nitrogen and oxygen atoms in total. The van der Waals surface area contributed by atoms with Crippen LogP contribution in [0, 0.1) is 0 Å². The summed E-state index contributed by atoms with van der Waals surface area (Å²) in [4.78, 5) is 24.1. The standard InChI is InChI=1S/C17H16N2O6S/c1-24-14-8-7-11(16(20)25-2)9-12(14)10-19-17(21)18-13-5-3-4-6-15(13)26(19,22)23/h3-9H,10H2,1-2H3,(H,18,21). The average Bonchev–Trinajstić information content (AvgIpc) is 2.64. The third-order valence-corrected chi connectivity index (χ3v) is 5.73. The second kappa shape index (κ2) is 6.68. The summed E-state index contributed by atoms with van der Waals surface area (Å²) < 4.78 is 36.3. The van der Waals surface area contributed by atoms with Gasteiger partial charge in [-0.1, -0.05) is 12.1 Å². The molecule has 0 fully saturated rings. The molecule has 9 heteroatoms. The van der Waals surface area contributed by atoms with Crippen molar-refractivity contribution in [3.05, 3.63) is 53.6 Å². The number of fused-ring (bicyclic) bond motifs is 1. The number of carbonyl (C=O) groups excluding carboxylic acids is 2. The number of nitrogens with zero attached hydrogens (tertiary/aromatic N) is 1. The highest BCUT2D eigenvalue weighted by Crippen LogP contribution is 2.32. The first-order valence-corrected chi connectivity index (χ1v) is 9.00. The van der Waals surface area contributed by atoms with Gasteiger partial charge in [0, 0.05) is 5.56 Å².